The number of ether oxygens (including phenoxy) is 1. The molecule has 0 aliphatic rings. The number of carbonyl (C=O) groups is 1. The number of amides is 1. The van der Waals surface area contributed by atoms with Crippen molar-refractivity contribution in [2.24, 2.45) is 0 Å². The van der Waals surface area contributed by atoms with Crippen LogP contribution in [0.5, 0.6) is 0 Å². The number of likely N-dealkylation sites (N-methyl/N-ethyl adjacent to an activating group) is 1. The van der Waals surface area contributed by atoms with E-state index in [-0.39, 0.29) is 6.04 Å². The van der Waals surface area contributed by atoms with E-state index < -0.39 is 11.7 Å². The number of rotatable bonds is 4. The first kappa shape index (κ1) is 15.5. The Morgan fingerprint density at radius 1 is 1.26 bits per heavy atom. The van der Waals surface area contributed by atoms with Gasteiger partial charge < -0.3 is 15.4 Å². The summed E-state index contributed by atoms with van der Waals surface area (Å²) in [6.45, 7) is 8.25. The summed E-state index contributed by atoms with van der Waals surface area (Å²) in [7, 11) is 1.86. The highest BCUT2D eigenvalue weighted by Crippen LogP contribution is 2.15. The molecule has 0 heterocycles. The molecule has 1 unspecified atom stereocenters. The molecule has 1 aromatic rings. The molecule has 0 saturated carbocycles. The lowest BCUT2D eigenvalue weighted by atomic mass is 10.1. The van der Waals surface area contributed by atoms with Crippen LogP contribution in [0.15, 0.2) is 24.3 Å². The molecule has 4 nitrogen and oxygen atoms in total. The summed E-state index contributed by atoms with van der Waals surface area (Å²) in [5, 5.41) is 5.97. The van der Waals surface area contributed by atoms with Crippen molar-refractivity contribution in [1.82, 2.24) is 10.6 Å². The first-order valence-corrected chi connectivity index (χ1v) is 6.52. The van der Waals surface area contributed by atoms with Crippen molar-refractivity contribution in [3.05, 3.63) is 35.4 Å². The van der Waals surface area contributed by atoms with Crippen molar-refractivity contribution in [1.29, 1.82) is 0 Å². The Morgan fingerprint density at radius 3 is 2.32 bits per heavy atom. The van der Waals surface area contributed by atoms with Crippen LogP contribution in [-0.2, 0) is 4.74 Å². The number of nitrogens with one attached hydrogen (secondary N) is 2. The lowest BCUT2D eigenvalue weighted by Crippen LogP contribution is -2.38. The van der Waals surface area contributed by atoms with Crippen LogP contribution in [-0.4, -0.2) is 25.3 Å². The van der Waals surface area contributed by atoms with Gasteiger partial charge in [0.25, 0.3) is 0 Å². The molecule has 1 aromatic carbocycles. The van der Waals surface area contributed by atoms with Gasteiger partial charge in [-0.3, -0.25) is 0 Å². The monoisotopic (exact) mass is 264 g/mol. The van der Waals surface area contributed by atoms with Gasteiger partial charge >= 0.3 is 6.09 Å². The fourth-order valence-corrected chi connectivity index (χ4v) is 1.70. The number of hydrogen-bond donors (Lipinski definition) is 2. The molecule has 1 amide bonds. The Balaban J connectivity index is 2.73. The molecule has 106 valence electrons. The Bertz CT molecular complexity index is 407. The summed E-state index contributed by atoms with van der Waals surface area (Å²) >= 11 is 0. The zero-order valence-corrected chi connectivity index (χ0v) is 12.4. The zero-order valence-electron chi connectivity index (χ0n) is 12.4. The van der Waals surface area contributed by atoms with Crippen LogP contribution in [0.1, 0.15) is 37.9 Å². The number of alkyl carbamates (subject to hydrolysis) is 1. The van der Waals surface area contributed by atoms with Crippen LogP contribution < -0.4 is 10.6 Å². The highest BCUT2D eigenvalue weighted by atomic mass is 16.6. The maximum Gasteiger partial charge on any atom is 0.408 e. The SMILES string of the molecule is CNCC(NC(=O)OC(C)(C)C)c1ccc(C)cc1. The van der Waals surface area contributed by atoms with Crippen molar-refractivity contribution in [2.45, 2.75) is 39.3 Å². The highest BCUT2D eigenvalue weighted by Gasteiger charge is 2.20. The summed E-state index contributed by atoms with van der Waals surface area (Å²) in [5.74, 6) is 0. The van der Waals surface area contributed by atoms with E-state index in [0.29, 0.717) is 6.54 Å². The molecular formula is C15H24N2O2. The Hall–Kier alpha value is -1.55. The maximum absolute atomic E-state index is 11.8. The molecule has 0 saturated heterocycles. The molecular weight excluding hydrogens is 240 g/mol. The third kappa shape index (κ3) is 5.75. The van der Waals surface area contributed by atoms with Crippen molar-refractivity contribution >= 4 is 6.09 Å². The maximum atomic E-state index is 11.8. The molecule has 0 radical (unpaired) electrons. The van der Waals surface area contributed by atoms with Gasteiger partial charge in [-0.25, -0.2) is 4.79 Å². The molecule has 0 spiro atoms. The van der Waals surface area contributed by atoms with Gasteiger partial charge in [-0.2, -0.15) is 0 Å². The zero-order chi connectivity index (χ0) is 14.5. The quantitative estimate of drug-likeness (QED) is 0.879. The molecule has 4 heteroatoms. The van der Waals surface area contributed by atoms with E-state index in [4.69, 9.17) is 4.74 Å². The van der Waals surface area contributed by atoms with Gasteiger partial charge in [-0.15, -0.1) is 0 Å². The van der Waals surface area contributed by atoms with Crippen LogP contribution >= 0.6 is 0 Å². The van der Waals surface area contributed by atoms with E-state index >= 15 is 0 Å². The summed E-state index contributed by atoms with van der Waals surface area (Å²) in [6, 6.07) is 8.02. The largest absolute Gasteiger partial charge is 0.444 e. The summed E-state index contributed by atoms with van der Waals surface area (Å²) in [4.78, 5) is 11.8. The van der Waals surface area contributed by atoms with Gasteiger partial charge in [-0.1, -0.05) is 29.8 Å². The number of benzene rings is 1. The standard InChI is InChI=1S/C15H24N2O2/c1-11-6-8-12(9-7-11)13(10-16-5)17-14(18)19-15(2,3)4/h6-9,13,16H,10H2,1-5H3,(H,17,18). The molecule has 0 bridgehead atoms. The van der Waals surface area contributed by atoms with Crippen LogP contribution in [0, 0.1) is 6.92 Å². The van der Waals surface area contributed by atoms with E-state index in [1.54, 1.807) is 0 Å². The van der Waals surface area contributed by atoms with Crippen LogP contribution in [0.25, 0.3) is 0 Å². The number of aryl methyl sites for hydroxylation is 1. The molecule has 1 rings (SSSR count). The lowest BCUT2D eigenvalue weighted by molar-refractivity contribution is 0.0503. The van der Waals surface area contributed by atoms with E-state index in [0.717, 1.165) is 5.56 Å². The van der Waals surface area contributed by atoms with Gasteiger partial charge in [-0.05, 0) is 40.3 Å². The van der Waals surface area contributed by atoms with E-state index in [9.17, 15) is 4.79 Å². The second-order valence-electron chi connectivity index (χ2n) is 5.67. The van der Waals surface area contributed by atoms with Crippen molar-refractivity contribution in [3.63, 3.8) is 0 Å². The van der Waals surface area contributed by atoms with Gasteiger partial charge in [0.2, 0.25) is 0 Å². The molecule has 0 aromatic heterocycles. The van der Waals surface area contributed by atoms with Crippen LogP contribution in [0.4, 0.5) is 4.79 Å². The van der Waals surface area contributed by atoms with Crippen molar-refractivity contribution in [3.8, 4) is 0 Å². The lowest BCUT2D eigenvalue weighted by Gasteiger charge is -2.24. The Labute approximate surface area is 115 Å². The first-order valence-electron chi connectivity index (χ1n) is 6.52. The topological polar surface area (TPSA) is 50.4 Å². The normalized spacial score (nSPS) is 12.9. The van der Waals surface area contributed by atoms with Gasteiger partial charge in [0.15, 0.2) is 0 Å². The molecule has 1 atom stereocenters. The van der Waals surface area contributed by atoms with Gasteiger partial charge in [0.05, 0.1) is 6.04 Å². The minimum absolute atomic E-state index is 0.0968. The second kappa shape index (κ2) is 6.57. The third-order valence-electron chi connectivity index (χ3n) is 2.58. The fraction of sp³-hybridized carbons (Fsp3) is 0.533. The summed E-state index contributed by atoms with van der Waals surface area (Å²) in [6.07, 6.45) is -0.395. The molecule has 0 aliphatic heterocycles. The van der Waals surface area contributed by atoms with E-state index in [1.807, 2.05) is 59.0 Å². The Morgan fingerprint density at radius 2 is 1.84 bits per heavy atom. The first-order chi connectivity index (χ1) is 8.81. The highest BCUT2D eigenvalue weighted by molar-refractivity contribution is 5.68. The molecule has 2 N–H and O–H groups in total. The predicted octanol–water partition coefficient (Wildman–Crippen LogP) is 2.78. The summed E-state index contributed by atoms with van der Waals surface area (Å²) < 4.78 is 5.28. The predicted molar refractivity (Wildman–Crippen MR) is 77.2 cm³/mol. The smallest absolute Gasteiger partial charge is 0.408 e. The minimum Gasteiger partial charge on any atom is -0.444 e. The summed E-state index contributed by atoms with van der Waals surface area (Å²) in [5.41, 5.74) is 1.77. The molecule has 0 aliphatic carbocycles. The third-order valence-corrected chi connectivity index (χ3v) is 2.58. The minimum atomic E-state index is -0.485. The van der Waals surface area contributed by atoms with Crippen LogP contribution in [0.3, 0.4) is 0 Å². The van der Waals surface area contributed by atoms with Gasteiger partial charge in [0, 0.05) is 6.54 Å². The average molecular weight is 264 g/mol. The van der Waals surface area contributed by atoms with Gasteiger partial charge in [0.1, 0.15) is 5.60 Å². The number of hydrogen-bond acceptors (Lipinski definition) is 3. The van der Waals surface area contributed by atoms with E-state index in [1.165, 1.54) is 5.56 Å². The van der Waals surface area contributed by atoms with Crippen LogP contribution in [0.2, 0.25) is 0 Å². The second-order valence-corrected chi connectivity index (χ2v) is 5.67. The molecule has 19 heavy (non-hydrogen) atoms. The fourth-order valence-electron chi connectivity index (χ4n) is 1.70. The Kier molecular flexibility index (Phi) is 5.36. The van der Waals surface area contributed by atoms with E-state index in [2.05, 4.69) is 10.6 Å². The number of carbonyl (C=O) groups excluding carboxylic acids is 1. The van der Waals surface area contributed by atoms with Crippen molar-refractivity contribution in [2.75, 3.05) is 13.6 Å². The molecule has 0 fully saturated rings. The average Bonchev–Trinajstić information content (AvgIpc) is 2.27. The van der Waals surface area contributed by atoms with Crippen molar-refractivity contribution < 1.29 is 9.53 Å².